The third-order valence-corrected chi connectivity index (χ3v) is 7.03. The maximum absolute atomic E-state index is 13.0. The van der Waals surface area contributed by atoms with E-state index in [1.807, 2.05) is 12.4 Å². The summed E-state index contributed by atoms with van der Waals surface area (Å²) in [5.41, 5.74) is 0. The number of benzene rings is 1. The average Bonchev–Trinajstić information content (AvgIpc) is 3.14. The van der Waals surface area contributed by atoms with Crippen molar-refractivity contribution in [3.63, 3.8) is 0 Å². The fourth-order valence-electron chi connectivity index (χ4n) is 3.56. The lowest BCUT2D eigenvalue weighted by atomic mass is 9.98. The first-order valence-electron chi connectivity index (χ1n) is 9.21. The highest BCUT2D eigenvalue weighted by molar-refractivity contribution is 7.89. The first kappa shape index (κ1) is 19.7. The largest absolute Gasteiger partial charge is 0.493 e. The first-order valence-corrected chi connectivity index (χ1v) is 10.7. The van der Waals surface area contributed by atoms with Crippen LogP contribution in [0.5, 0.6) is 11.5 Å². The highest BCUT2D eigenvalue weighted by Gasteiger charge is 2.30. The molecular weight excluding hydrogens is 366 g/mol. The Balaban J connectivity index is 1.68. The molecule has 1 aromatic carbocycles. The minimum absolute atomic E-state index is 0.237. The van der Waals surface area contributed by atoms with Crippen molar-refractivity contribution >= 4 is 10.0 Å². The maximum atomic E-state index is 13.0. The third-order valence-electron chi connectivity index (χ3n) is 5.14. The summed E-state index contributed by atoms with van der Waals surface area (Å²) in [6.07, 6.45) is 6.42. The van der Waals surface area contributed by atoms with Gasteiger partial charge in [-0.15, -0.1) is 0 Å². The molecule has 1 aliphatic heterocycles. The van der Waals surface area contributed by atoms with Crippen LogP contribution in [0.3, 0.4) is 0 Å². The van der Waals surface area contributed by atoms with Crippen molar-refractivity contribution < 1.29 is 17.9 Å². The standard InChI is InChI=1S/C19H27N3O4S/c1-4-19-20-9-12-21(19)14-15-7-10-22(11-8-15)27(23,24)16-5-6-17(25-2)18(13-16)26-3/h5-6,9,12-13,15H,4,7-8,10-11,14H2,1-3H3. The molecule has 0 bridgehead atoms. The minimum Gasteiger partial charge on any atom is -0.493 e. The number of methoxy groups -OCH3 is 2. The molecule has 0 saturated carbocycles. The molecule has 1 saturated heterocycles. The highest BCUT2D eigenvalue weighted by Crippen LogP contribution is 2.32. The zero-order valence-corrected chi connectivity index (χ0v) is 16.9. The normalized spacial score (nSPS) is 16.4. The highest BCUT2D eigenvalue weighted by atomic mass is 32.2. The van der Waals surface area contributed by atoms with E-state index in [4.69, 9.17) is 9.47 Å². The quantitative estimate of drug-likeness (QED) is 0.723. The van der Waals surface area contributed by atoms with Gasteiger partial charge in [-0.2, -0.15) is 4.31 Å². The van der Waals surface area contributed by atoms with Crippen LogP contribution in [0.15, 0.2) is 35.5 Å². The van der Waals surface area contributed by atoms with Crippen LogP contribution in [0.4, 0.5) is 0 Å². The molecule has 0 amide bonds. The van der Waals surface area contributed by atoms with Gasteiger partial charge in [-0.05, 0) is 30.9 Å². The number of rotatable bonds is 7. The van der Waals surface area contributed by atoms with Crippen LogP contribution < -0.4 is 9.47 Å². The van der Waals surface area contributed by atoms with Gasteiger partial charge in [0, 0.05) is 44.5 Å². The molecule has 2 heterocycles. The summed E-state index contributed by atoms with van der Waals surface area (Å²) in [4.78, 5) is 4.60. The molecule has 0 aliphatic carbocycles. The van der Waals surface area contributed by atoms with Crippen molar-refractivity contribution in [1.29, 1.82) is 0 Å². The van der Waals surface area contributed by atoms with Gasteiger partial charge in [0.2, 0.25) is 10.0 Å². The van der Waals surface area contributed by atoms with Gasteiger partial charge in [-0.1, -0.05) is 6.92 Å². The molecule has 8 heteroatoms. The number of piperidine rings is 1. The molecule has 1 aliphatic rings. The number of hydrogen-bond donors (Lipinski definition) is 0. The Bertz CT molecular complexity index is 871. The summed E-state index contributed by atoms with van der Waals surface area (Å²) in [5, 5.41) is 0. The van der Waals surface area contributed by atoms with E-state index in [1.54, 1.807) is 16.4 Å². The summed E-state index contributed by atoms with van der Waals surface area (Å²) in [5.74, 6) is 2.47. The summed E-state index contributed by atoms with van der Waals surface area (Å²) < 4.78 is 40.2. The van der Waals surface area contributed by atoms with Crippen molar-refractivity contribution in [2.45, 2.75) is 37.6 Å². The number of aromatic nitrogens is 2. The van der Waals surface area contributed by atoms with E-state index >= 15 is 0 Å². The Morgan fingerprint density at radius 1 is 1.15 bits per heavy atom. The number of nitrogens with zero attached hydrogens (tertiary/aromatic N) is 3. The van der Waals surface area contributed by atoms with Crippen LogP contribution >= 0.6 is 0 Å². The molecule has 1 aromatic heterocycles. The first-order chi connectivity index (χ1) is 13.0. The van der Waals surface area contributed by atoms with Gasteiger partial charge in [0.25, 0.3) is 0 Å². The van der Waals surface area contributed by atoms with Gasteiger partial charge < -0.3 is 14.0 Å². The lowest BCUT2D eigenvalue weighted by Crippen LogP contribution is -2.39. The van der Waals surface area contributed by atoms with E-state index in [1.165, 1.54) is 20.3 Å². The van der Waals surface area contributed by atoms with Crippen molar-refractivity contribution in [1.82, 2.24) is 13.9 Å². The number of hydrogen-bond acceptors (Lipinski definition) is 5. The van der Waals surface area contributed by atoms with Crippen LogP contribution in [0.2, 0.25) is 0 Å². The van der Waals surface area contributed by atoms with Crippen molar-refractivity contribution in [3.05, 3.63) is 36.4 Å². The zero-order valence-electron chi connectivity index (χ0n) is 16.1. The van der Waals surface area contributed by atoms with Crippen LogP contribution in [-0.2, 0) is 23.0 Å². The van der Waals surface area contributed by atoms with Gasteiger partial charge >= 0.3 is 0 Å². The smallest absolute Gasteiger partial charge is 0.243 e. The van der Waals surface area contributed by atoms with Crippen molar-refractivity contribution in [2.24, 2.45) is 5.92 Å². The molecule has 7 nitrogen and oxygen atoms in total. The number of imidazole rings is 1. The van der Waals surface area contributed by atoms with Crippen molar-refractivity contribution in [2.75, 3.05) is 27.3 Å². The Kier molecular flexibility index (Phi) is 6.06. The van der Waals surface area contributed by atoms with Crippen LogP contribution in [-0.4, -0.2) is 49.6 Å². The topological polar surface area (TPSA) is 73.7 Å². The van der Waals surface area contributed by atoms with Gasteiger partial charge in [0.05, 0.1) is 19.1 Å². The SMILES string of the molecule is CCc1nccn1CC1CCN(S(=O)(=O)c2ccc(OC)c(OC)c2)CC1. The summed E-state index contributed by atoms with van der Waals surface area (Å²) in [6.45, 7) is 4.04. The maximum Gasteiger partial charge on any atom is 0.243 e. The third kappa shape index (κ3) is 4.11. The van der Waals surface area contributed by atoms with E-state index in [-0.39, 0.29) is 4.90 Å². The predicted octanol–water partition coefficient (Wildman–Crippen LogP) is 2.56. The molecule has 0 unspecified atom stereocenters. The molecule has 0 atom stereocenters. The second kappa shape index (κ2) is 8.31. The summed E-state index contributed by atoms with van der Waals surface area (Å²) in [7, 11) is -0.510. The van der Waals surface area contributed by atoms with E-state index in [0.717, 1.165) is 31.6 Å². The van der Waals surface area contributed by atoms with Crippen LogP contribution in [0, 0.1) is 5.92 Å². The Morgan fingerprint density at radius 3 is 2.48 bits per heavy atom. The Hall–Kier alpha value is -2.06. The molecule has 148 valence electrons. The number of aryl methyl sites for hydroxylation is 1. The molecule has 0 radical (unpaired) electrons. The second-order valence-electron chi connectivity index (χ2n) is 6.71. The minimum atomic E-state index is -3.54. The molecule has 2 aromatic rings. The molecule has 3 rings (SSSR count). The van der Waals surface area contributed by atoms with Crippen LogP contribution in [0.25, 0.3) is 0 Å². The summed E-state index contributed by atoms with van der Waals surface area (Å²) in [6, 6.07) is 4.73. The van der Waals surface area contributed by atoms with E-state index in [9.17, 15) is 8.42 Å². The lowest BCUT2D eigenvalue weighted by molar-refractivity contribution is 0.251. The van der Waals surface area contributed by atoms with E-state index in [0.29, 0.717) is 30.5 Å². The van der Waals surface area contributed by atoms with Crippen molar-refractivity contribution in [3.8, 4) is 11.5 Å². The molecule has 27 heavy (non-hydrogen) atoms. The molecular formula is C19H27N3O4S. The fourth-order valence-corrected chi connectivity index (χ4v) is 5.04. The lowest BCUT2D eigenvalue weighted by Gasteiger charge is -2.31. The predicted molar refractivity (Wildman–Crippen MR) is 103 cm³/mol. The molecule has 0 N–H and O–H groups in total. The molecule has 1 fully saturated rings. The van der Waals surface area contributed by atoms with Gasteiger partial charge in [-0.25, -0.2) is 13.4 Å². The average molecular weight is 394 g/mol. The number of sulfonamides is 1. The summed E-state index contributed by atoms with van der Waals surface area (Å²) >= 11 is 0. The fraction of sp³-hybridized carbons (Fsp3) is 0.526. The van der Waals surface area contributed by atoms with Gasteiger partial charge in [0.15, 0.2) is 11.5 Å². The van der Waals surface area contributed by atoms with E-state index in [2.05, 4.69) is 16.5 Å². The number of ether oxygens (including phenoxy) is 2. The van der Waals surface area contributed by atoms with Gasteiger partial charge in [0.1, 0.15) is 5.82 Å². The van der Waals surface area contributed by atoms with Gasteiger partial charge in [-0.3, -0.25) is 0 Å². The second-order valence-corrected chi connectivity index (χ2v) is 8.65. The Labute approximate surface area is 161 Å². The zero-order chi connectivity index (χ0) is 19.4. The van der Waals surface area contributed by atoms with E-state index < -0.39 is 10.0 Å². The Morgan fingerprint density at radius 2 is 1.85 bits per heavy atom. The monoisotopic (exact) mass is 393 g/mol. The molecule has 0 spiro atoms. The van der Waals surface area contributed by atoms with Crippen LogP contribution in [0.1, 0.15) is 25.6 Å².